The Hall–Kier alpha value is -3.43. The number of hydrogen-bond donors (Lipinski definition) is 2. The average molecular weight is 504 g/mol. The van der Waals surface area contributed by atoms with Gasteiger partial charge in [-0.05, 0) is 67.5 Å². The van der Waals surface area contributed by atoms with E-state index in [9.17, 15) is 22.4 Å². The van der Waals surface area contributed by atoms with Crippen molar-refractivity contribution in [2.45, 2.75) is 44.6 Å². The molecule has 1 fully saturated rings. The molecule has 10 heteroatoms. The van der Waals surface area contributed by atoms with Gasteiger partial charge in [-0.2, -0.15) is 18.2 Å². The summed E-state index contributed by atoms with van der Waals surface area (Å²) in [7, 11) is 3.88. The predicted molar refractivity (Wildman–Crippen MR) is 132 cm³/mol. The van der Waals surface area contributed by atoms with Crippen LogP contribution >= 0.6 is 0 Å². The van der Waals surface area contributed by atoms with E-state index < -0.39 is 24.3 Å². The van der Waals surface area contributed by atoms with Gasteiger partial charge in [0.1, 0.15) is 12.5 Å². The van der Waals surface area contributed by atoms with Gasteiger partial charge in [-0.25, -0.2) is 9.37 Å². The Morgan fingerprint density at radius 1 is 1.06 bits per heavy atom. The van der Waals surface area contributed by atoms with Crippen LogP contribution in [0.2, 0.25) is 0 Å². The fraction of sp³-hybridized carbons (Fsp3) is 0.423. The van der Waals surface area contributed by atoms with Crippen molar-refractivity contribution in [3.05, 3.63) is 59.2 Å². The van der Waals surface area contributed by atoms with Gasteiger partial charge in [0.15, 0.2) is 0 Å². The van der Waals surface area contributed by atoms with Crippen molar-refractivity contribution in [2.24, 2.45) is 5.92 Å². The highest BCUT2D eigenvalue weighted by atomic mass is 19.4. The molecular formula is C26H29F4N5O. The maximum Gasteiger partial charge on any atom is 0.416 e. The second-order valence-electron chi connectivity index (χ2n) is 9.40. The first kappa shape index (κ1) is 25.7. The van der Waals surface area contributed by atoms with Crippen molar-refractivity contribution in [3.63, 3.8) is 0 Å². The number of rotatable bonds is 7. The standard InChI is InChI=1S/C26H29F4N5O/c1-35(2)23-21-5-3-4-6-22(21)33-25(34-23)32-20-9-7-16(8-10-20)15-31-24(36)18-11-17(14-27)12-19(13-18)26(28,29)30/h3-6,11-13,16,20H,7-10,14-15H2,1-2H3,(H,31,36)(H,32,33,34)/t16-,20+. The van der Waals surface area contributed by atoms with Crippen LogP contribution in [0.1, 0.15) is 47.2 Å². The molecule has 1 aliphatic rings. The zero-order valence-corrected chi connectivity index (χ0v) is 20.2. The lowest BCUT2D eigenvalue weighted by molar-refractivity contribution is -0.137. The van der Waals surface area contributed by atoms with Crippen LogP contribution in [0.15, 0.2) is 42.5 Å². The van der Waals surface area contributed by atoms with Crippen molar-refractivity contribution in [1.82, 2.24) is 15.3 Å². The van der Waals surface area contributed by atoms with Gasteiger partial charge < -0.3 is 15.5 Å². The van der Waals surface area contributed by atoms with Crippen LogP contribution in [0.4, 0.5) is 29.3 Å². The van der Waals surface area contributed by atoms with E-state index >= 15 is 0 Å². The molecule has 1 saturated carbocycles. The highest BCUT2D eigenvalue weighted by molar-refractivity contribution is 5.94. The monoisotopic (exact) mass is 503 g/mol. The smallest absolute Gasteiger partial charge is 0.362 e. The number of anilines is 2. The molecule has 36 heavy (non-hydrogen) atoms. The maximum absolute atomic E-state index is 13.1. The Morgan fingerprint density at radius 2 is 1.78 bits per heavy atom. The van der Waals surface area contributed by atoms with E-state index in [0.29, 0.717) is 12.5 Å². The second kappa shape index (κ2) is 10.7. The number of benzene rings is 2. The molecule has 192 valence electrons. The summed E-state index contributed by atoms with van der Waals surface area (Å²) < 4.78 is 52.3. The lowest BCUT2D eigenvalue weighted by Gasteiger charge is -2.29. The number of fused-ring (bicyclic) bond motifs is 1. The fourth-order valence-electron chi connectivity index (χ4n) is 4.56. The van der Waals surface area contributed by atoms with Crippen LogP contribution in [0.3, 0.4) is 0 Å². The highest BCUT2D eigenvalue weighted by Crippen LogP contribution is 2.31. The molecule has 0 bridgehead atoms. The van der Waals surface area contributed by atoms with E-state index in [4.69, 9.17) is 0 Å². The summed E-state index contributed by atoms with van der Waals surface area (Å²) >= 11 is 0. The molecule has 0 saturated heterocycles. The van der Waals surface area contributed by atoms with Gasteiger partial charge in [0.2, 0.25) is 5.95 Å². The molecule has 0 unspecified atom stereocenters. The van der Waals surface area contributed by atoms with Gasteiger partial charge in [-0.15, -0.1) is 0 Å². The Morgan fingerprint density at radius 3 is 2.44 bits per heavy atom. The minimum atomic E-state index is -4.65. The molecule has 0 atom stereocenters. The largest absolute Gasteiger partial charge is 0.416 e. The maximum atomic E-state index is 13.1. The Bertz CT molecular complexity index is 1220. The third-order valence-corrected chi connectivity index (χ3v) is 6.47. The first-order valence-corrected chi connectivity index (χ1v) is 11.9. The summed E-state index contributed by atoms with van der Waals surface area (Å²) in [5.41, 5.74) is -0.517. The summed E-state index contributed by atoms with van der Waals surface area (Å²) in [6.45, 7) is -0.720. The fourth-order valence-corrected chi connectivity index (χ4v) is 4.56. The van der Waals surface area contributed by atoms with Gasteiger partial charge in [-0.1, -0.05) is 12.1 Å². The van der Waals surface area contributed by atoms with Gasteiger partial charge in [0, 0.05) is 37.6 Å². The predicted octanol–water partition coefficient (Wildman–Crippen LogP) is 5.58. The van der Waals surface area contributed by atoms with Crippen LogP contribution in [-0.4, -0.2) is 42.6 Å². The topological polar surface area (TPSA) is 70.2 Å². The van der Waals surface area contributed by atoms with Gasteiger partial charge in [0.25, 0.3) is 5.91 Å². The zero-order valence-electron chi connectivity index (χ0n) is 20.2. The van der Waals surface area contributed by atoms with Crippen LogP contribution in [0, 0.1) is 5.92 Å². The summed E-state index contributed by atoms with van der Waals surface area (Å²) in [6.07, 6.45) is -1.27. The minimum Gasteiger partial charge on any atom is -0.362 e. The normalized spacial score (nSPS) is 18.2. The van der Waals surface area contributed by atoms with Crippen LogP contribution in [-0.2, 0) is 12.9 Å². The molecular weight excluding hydrogens is 474 g/mol. The van der Waals surface area contributed by atoms with Crippen LogP contribution < -0.4 is 15.5 Å². The van der Waals surface area contributed by atoms with Crippen molar-refractivity contribution >= 4 is 28.6 Å². The molecule has 6 nitrogen and oxygen atoms in total. The molecule has 0 aliphatic heterocycles. The number of halogens is 4. The lowest BCUT2D eigenvalue weighted by atomic mass is 9.86. The number of amides is 1. The first-order valence-electron chi connectivity index (χ1n) is 11.9. The zero-order chi connectivity index (χ0) is 25.9. The number of alkyl halides is 4. The molecule has 4 rings (SSSR count). The van der Waals surface area contributed by atoms with E-state index in [2.05, 4.69) is 20.6 Å². The number of nitrogens with zero attached hydrogens (tertiary/aromatic N) is 3. The van der Waals surface area contributed by atoms with Crippen LogP contribution in [0.25, 0.3) is 10.9 Å². The van der Waals surface area contributed by atoms with Gasteiger partial charge in [0.05, 0.1) is 11.1 Å². The van der Waals surface area contributed by atoms with Gasteiger partial charge in [-0.3, -0.25) is 4.79 Å². The van der Waals surface area contributed by atoms with E-state index in [-0.39, 0.29) is 23.1 Å². The minimum absolute atomic E-state index is 0.171. The Labute approximate surface area is 207 Å². The molecule has 3 aromatic rings. The summed E-state index contributed by atoms with van der Waals surface area (Å²) in [5, 5.41) is 7.14. The van der Waals surface area contributed by atoms with E-state index in [0.717, 1.165) is 60.6 Å². The van der Waals surface area contributed by atoms with Crippen molar-refractivity contribution in [1.29, 1.82) is 0 Å². The van der Waals surface area contributed by atoms with E-state index in [1.807, 2.05) is 43.3 Å². The van der Waals surface area contributed by atoms with Crippen LogP contribution in [0.5, 0.6) is 0 Å². The second-order valence-corrected chi connectivity index (χ2v) is 9.40. The van der Waals surface area contributed by atoms with Crippen molar-refractivity contribution in [2.75, 3.05) is 30.9 Å². The number of hydrogen-bond acceptors (Lipinski definition) is 5. The van der Waals surface area contributed by atoms with E-state index in [1.165, 1.54) is 0 Å². The molecule has 0 spiro atoms. The molecule has 2 N–H and O–H groups in total. The number of aromatic nitrogens is 2. The Kier molecular flexibility index (Phi) is 7.61. The number of nitrogens with one attached hydrogen (secondary N) is 2. The summed E-state index contributed by atoms with van der Waals surface area (Å²) in [6, 6.07) is 10.7. The number of carbonyl (C=O) groups is 1. The third-order valence-electron chi connectivity index (χ3n) is 6.47. The molecule has 1 aromatic heterocycles. The lowest BCUT2D eigenvalue weighted by Crippen LogP contribution is -2.34. The third kappa shape index (κ3) is 6.03. The quantitative estimate of drug-likeness (QED) is 0.412. The van der Waals surface area contributed by atoms with E-state index in [1.54, 1.807) is 0 Å². The molecule has 1 amide bonds. The average Bonchev–Trinajstić information content (AvgIpc) is 2.86. The Balaban J connectivity index is 1.33. The number of carbonyl (C=O) groups excluding carboxylic acids is 1. The summed E-state index contributed by atoms with van der Waals surface area (Å²) in [5.74, 6) is 0.984. The molecule has 2 aromatic carbocycles. The molecule has 1 aliphatic carbocycles. The SMILES string of the molecule is CN(C)c1nc(N[C@H]2CC[C@@H](CNC(=O)c3cc(CF)cc(C(F)(F)F)c3)CC2)nc2ccccc12. The summed E-state index contributed by atoms with van der Waals surface area (Å²) in [4.78, 5) is 23.8. The first-order chi connectivity index (χ1) is 17.1. The molecule has 0 radical (unpaired) electrons. The van der Waals surface area contributed by atoms with Gasteiger partial charge >= 0.3 is 6.18 Å². The highest BCUT2D eigenvalue weighted by Gasteiger charge is 2.32. The van der Waals surface area contributed by atoms with Crippen molar-refractivity contribution in [3.8, 4) is 0 Å². The van der Waals surface area contributed by atoms with Crippen molar-refractivity contribution < 1.29 is 22.4 Å². The molecule has 1 heterocycles. The number of para-hydroxylation sites is 1.